The van der Waals surface area contributed by atoms with Gasteiger partial charge in [0.1, 0.15) is 11.4 Å². The molecule has 0 saturated carbocycles. The summed E-state index contributed by atoms with van der Waals surface area (Å²) in [4.78, 5) is 4.28. The maximum absolute atomic E-state index is 10.4. The number of benzene rings is 1. The lowest BCUT2D eigenvalue weighted by Gasteiger charge is -2.39. The van der Waals surface area contributed by atoms with Crippen molar-refractivity contribution in [1.82, 2.24) is 15.2 Å². The van der Waals surface area contributed by atoms with E-state index in [1.54, 1.807) is 18.5 Å². The van der Waals surface area contributed by atoms with Gasteiger partial charge in [0.05, 0.1) is 6.61 Å². The van der Waals surface area contributed by atoms with Crippen LogP contribution in [0.25, 0.3) is 22.0 Å². The van der Waals surface area contributed by atoms with Crippen molar-refractivity contribution >= 4 is 16.6 Å². The van der Waals surface area contributed by atoms with Gasteiger partial charge in [-0.05, 0) is 37.1 Å². The first-order valence-corrected chi connectivity index (χ1v) is 9.20. The maximum atomic E-state index is 10.4. The van der Waals surface area contributed by atoms with Gasteiger partial charge in [0, 0.05) is 46.8 Å². The van der Waals surface area contributed by atoms with Gasteiger partial charge in [-0.2, -0.15) is 0 Å². The Morgan fingerprint density at radius 2 is 2.04 bits per heavy atom. The summed E-state index contributed by atoms with van der Waals surface area (Å²) in [6.45, 7) is 7.77. The Bertz CT molecular complexity index is 987. The fraction of sp³-hybridized carbons (Fsp3) is 0.381. The Kier molecular flexibility index (Phi) is 4.44. The molecule has 0 unspecified atom stereocenters. The van der Waals surface area contributed by atoms with Crippen LogP contribution in [0.4, 0.5) is 5.82 Å². The molecule has 2 aromatic heterocycles. The molecule has 0 bridgehead atoms. The van der Waals surface area contributed by atoms with Gasteiger partial charge in [-0.1, -0.05) is 19.9 Å². The second-order valence-electron chi connectivity index (χ2n) is 7.87. The number of nitrogens with one attached hydrogen (secondary N) is 1. The van der Waals surface area contributed by atoms with Crippen LogP contribution in [0.2, 0.25) is 0 Å². The quantitative estimate of drug-likeness (QED) is 0.733. The van der Waals surface area contributed by atoms with Crippen molar-refractivity contribution in [2.45, 2.75) is 33.2 Å². The summed E-state index contributed by atoms with van der Waals surface area (Å²) < 4.78 is 5.62. The highest BCUT2D eigenvalue weighted by atomic mass is 16.5. The predicted octanol–water partition coefficient (Wildman–Crippen LogP) is 3.93. The predicted molar refractivity (Wildman–Crippen MR) is 106 cm³/mol. The summed E-state index contributed by atoms with van der Waals surface area (Å²) in [6.07, 6.45) is 4.45. The van der Waals surface area contributed by atoms with Gasteiger partial charge < -0.3 is 15.2 Å². The molecule has 27 heavy (non-hydrogen) atoms. The van der Waals surface area contributed by atoms with Gasteiger partial charge in [-0.3, -0.25) is 4.98 Å². The summed E-state index contributed by atoms with van der Waals surface area (Å²) >= 11 is 0. The zero-order valence-electron chi connectivity index (χ0n) is 15.9. The average Bonchev–Trinajstić information content (AvgIpc) is 2.64. The van der Waals surface area contributed by atoms with Crippen LogP contribution in [0.3, 0.4) is 0 Å². The number of aromatic nitrogens is 3. The lowest BCUT2D eigenvalue weighted by Crippen LogP contribution is -2.44. The van der Waals surface area contributed by atoms with Gasteiger partial charge in [0.25, 0.3) is 0 Å². The first kappa shape index (κ1) is 17.7. The molecule has 1 atom stereocenters. The molecule has 1 aliphatic heterocycles. The van der Waals surface area contributed by atoms with Gasteiger partial charge >= 0.3 is 0 Å². The van der Waals surface area contributed by atoms with E-state index in [2.05, 4.69) is 34.3 Å². The minimum Gasteiger partial charge on any atom is -0.507 e. The van der Waals surface area contributed by atoms with Gasteiger partial charge in [-0.25, -0.2) is 0 Å². The second kappa shape index (κ2) is 6.78. The molecule has 1 aliphatic rings. The van der Waals surface area contributed by atoms with Crippen LogP contribution in [0.5, 0.6) is 5.75 Å². The van der Waals surface area contributed by atoms with Crippen molar-refractivity contribution < 1.29 is 9.84 Å². The Morgan fingerprint density at radius 3 is 2.81 bits per heavy atom. The van der Waals surface area contributed by atoms with Gasteiger partial charge in [-0.15, -0.1) is 10.2 Å². The third kappa shape index (κ3) is 3.32. The zero-order chi connectivity index (χ0) is 19.0. The van der Waals surface area contributed by atoms with E-state index in [1.165, 1.54) is 0 Å². The number of phenolic OH excluding ortho intramolecular Hbond substituents is 1. The molecule has 2 N–H and O–H groups in total. The molecule has 140 valence electrons. The molecule has 0 radical (unpaired) electrons. The number of ether oxygens (including phenoxy) is 1. The van der Waals surface area contributed by atoms with Crippen LogP contribution in [0, 0.1) is 12.3 Å². The standard InChI is InChI=1S/C21H24N4O2/c1-13-4-5-15(17(26)10-13)19-14-6-8-22-11-16(14)20(25-24-19)23-18-7-9-27-12-21(18,2)3/h4-6,8,10-11,18,26H,7,9,12H2,1-3H3,(H,23,25)/t18-/m0/s1. The second-order valence-corrected chi connectivity index (χ2v) is 7.87. The van der Waals surface area contributed by atoms with Crippen molar-refractivity contribution in [3.05, 3.63) is 42.2 Å². The van der Waals surface area contributed by atoms with Crippen LogP contribution >= 0.6 is 0 Å². The highest BCUT2D eigenvalue weighted by molar-refractivity contribution is 6.00. The highest BCUT2D eigenvalue weighted by Gasteiger charge is 2.33. The van der Waals surface area contributed by atoms with E-state index in [0.717, 1.165) is 29.4 Å². The van der Waals surface area contributed by atoms with E-state index in [4.69, 9.17) is 4.74 Å². The summed E-state index contributed by atoms with van der Waals surface area (Å²) in [5.74, 6) is 0.919. The van der Waals surface area contributed by atoms with Crippen molar-refractivity contribution in [3.63, 3.8) is 0 Å². The number of phenols is 1. The number of nitrogens with zero attached hydrogens (tertiary/aromatic N) is 3. The van der Waals surface area contributed by atoms with Crippen LogP contribution < -0.4 is 5.32 Å². The number of aromatic hydroxyl groups is 1. The van der Waals surface area contributed by atoms with E-state index in [9.17, 15) is 5.11 Å². The van der Waals surface area contributed by atoms with Gasteiger partial charge in [0.15, 0.2) is 5.82 Å². The first-order chi connectivity index (χ1) is 13.0. The molecule has 0 amide bonds. The molecular formula is C21H24N4O2. The van der Waals surface area contributed by atoms with Crippen LogP contribution in [0.1, 0.15) is 25.8 Å². The largest absolute Gasteiger partial charge is 0.507 e. The van der Waals surface area contributed by atoms with Crippen LogP contribution in [0.15, 0.2) is 36.7 Å². The molecule has 0 aliphatic carbocycles. The molecule has 1 aromatic carbocycles. The molecule has 6 nitrogen and oxygen atoms in total. The number of fused-ring (bicyclic) bond motifs is 1. The minimum atomic E-state index is 0.00234. The van der Waals surface area contributed by atoms with Crippen molar-refractivity contribution in [1.29, 1.82) is 0 Å². The van der Waals surface area contributed by atoms with E-state index < -0.39 is 0 Å². The lowest BCUT2D eigenvalue weighted by atomic mass is 9.82. The number of hydrogen-bond donors (Lipinski definition) is 2. The Labute approximate surface area is 158 Å². The fourth-order valence-electron chi connectivity index (χ4n) is 3.61. The molecule has 4 rings (SSSR count). The first-order valence-electron chi connectivity index (χ1n) is 9.20. The number of pyridine rings is 1. The third-order valence-electron chi connectivity index (χ3n) is 5.27. The van der Waals surface area contributed by atoms with Crippen LogP contribution in [-0.4, -0.2) is 39.5 Å². The Morgan fingerprint density at radius 1 is 1.19 bits per heavy atom. The molecule has 1 fully saturated rings. The minimum absolute atomic E-state index is 0.00234. The molecule has 3 aromatic rings. The summed E-state index contributed by atoms with van der Waals surface area (Å²) in [5.41, 5.74) is 2.32. The third-order valence-corrected chi connectivity index (χ3v) is 5.27. The monoisotopic (exact) mass is 364 g/mol. The van der Waals surface area contributed by atoms with E-state index in [-0.39, 0.29) is 17.2 Å². The molecule has 6 heteroatoms. The maximum Gasteiger partial charge on any atom is 0.158 e. The van der Waals surface area contributed by atoms with E-state index in [1.807, 2.05) is 25.1 Å². The van der Waals surface area contributed by atoms with Crippen molar-refractivity contribution in [2.24, 2.45) is 5.41 Å². The number of hydrogen-bond acceptors (Lipinski definition) is 6. The average molecular weight is 364 g/mol. The SMILES string of the molecule is Cc1ccc(-c2nnc(N[C@H]3CCOCC3(C)C)c3cnccc23)c(O)c1. The molecule has 1 saturated heterocycles. The number of anilines is 1. The van der Waals surface area contributed by atoms with Crippen LogP contribution in [-0.2, 0) is 4.74 Å². The normalized spacial score (nSPS) is 19.1. The molecular weight excluding hydrogens is 340 g/mol. The van der Waals surface area contributed by atoms with E-state index in [0.29, 0.717) is 23.7 Å². The zero-order valence-corrected chi connectivity index (χ0v) is 15.9. The van der Waals surface area contributed by atoms with E-state index >= 15 is 0 Å². The number of aryl methyl sites for hydroxylation is 1. The topological polar surface area (TPSA) is 80.2 Å². The fourth-order valence-corrected chi connectivity index (χ4v) is 3.61. The van der Waals surface area contributed by atoms with Crippen molar-refractivity contribution in [3.8, 4) is 17.0 Å². The van der Waals surface area contributed by atoms with Gasteiger partial charge in [0.2, 0.25) is 0 Å². The van der Waals surface area contributed by atoms with Crippen molar-refractivity contribution in [2.75, 3.05) is 18.5 Å². The highest BCUT2D eigenvalue weighted by Crippen LogP contribution is 2.36. The smallest absolute Gasteiger partial charge is 0.158 e. The lowest BCUT2D eigenvalue weighted by molar-refractivity contribution is 0.00340. The Hall–Kier alpha value is -2.73. The molecule has 3 heterocycles. The summed E-state index contributed by atoms with van der Waals surface area (Å²) in [7, 11) is 0. The Balaban J connectivity index is 1.79. The molecule has 0 spiro atoms. The number of rotatable bonds is 3. The summed E-state index contributed by atoms with van der Waals surface area (Å²) in [6, 6.07) is 7.73. The summed E-state index contributed by atoms with van der Waals surface area (Å²) in [5, 5.41) is 24.7.